The van der Waals surface area contributed by atoms with Crippen LogP contribution in [0.3, 0.4) is 0 Å². The highest BCUT2D eigenvalue weighted by Gasteiger charge is 2.38. The van der Waals surface area contributed by atoms with E-state index in [0.29, 0.717) is 0 Å². The maximum atomic E-state index is 4.17. The first-order chi connectivity index (χ1) is 25.2. The Hall–Kier alpha value is -4.08. The number of hydrogen-bond acceptors (Lipinski definition) is 2. The molecule has 0 fully saturated rings. The third-order valence-corrected chi connectivity index (χ3v) is 13.5. The number of hydrogen-bond donors (Lipinski definition) is 1. The molecule has 0 atom stereocenters. The van der Waals surface area contributed by atoms with Crippen LogP contribution in [0.15, 0.2) is 97.1 Å². The molecule has 0 radical (unpaired) electrons. The molecule has 1 nitrogen and oxygen atoms in total. The number of rotatable bonds is 6. The Bertz CT molecular complexity index is 2370. The lowest BCUT2D eigenvalue weighted by Crippen LogP contribution is -2.52. The smallest absolute Gasteiger partial charge is 0.256 e. The second kappa shape index (κ2) is 13.6. The summed E-state index contributed by atoms with van der Waals surface area (Å²) < 4.78 is 2.74. The highest BCUT2D eigenvalue weighted by Crippen LogP contribution is 2.49. The van der Waals surface area contributed by atoms with Gasteiger partial charge in [0.2, 0.25) is 0 Å². The molecule has 6 aromatic rings. The fourth-order valence-electron chi connectivity index (χ4n) is 8.54. The van der Waals surface area contributed by atoms with Crippen molar-refractivity contribution in [1.29, 1.82) is 0 Å². The number of thiophene rings is 1. The average molecular weight is 730 g/mol. The maximum Gasteiger partial charge on any atom is 0.256 e. The van der Waals surface area contributed by atoms with E-state index in [0.717, 1.165) is 0 Å². The van der Waals surface area contributed by atoms with Crippen molar-refractivity contribution < 1.29 is 0 Å². The highest BCUT2D eigenvalue weighted by atomic mass is 32.1. The van der Waals surface area contributed by atoms with Gasteiger partial charge in [0, 0.05) is 21.6 Å². The summed E-state index contributed by atoms with van der Waals surface area (Å²) in [5.74, 6) is 0. The maximum absolute atomic E-state index is 4.17. The first-order valence-electron chi connectivity index (χ1n) is 20.0. The lowest BCUT2D eigenvalue weighted by atomic mass is 9.38. The van der Waals surface area contributed by atoms with Gasteiger partial charge in [-0.05, 0) is 140 Å². The average Bonchev–Trinajstić information content (AvgIpc) is 3.51. The second-order valence-electron chi connectivity index (χ2n) is 19.6. The number of aryl methyl sites for hydroxylation is 3. The van der Waals surface area contributed by atoms with Gasteiger partial charge < -0.3 is 5.32 Å². The zero-order valence-electron chi connectivity index (χ0n) is 35.1. The lowest BCUT2D eigenvalue weighted by molar-refractivity contribution is 0.332. The van der Waals surface area contributed by atoms with E-state index in [4.69, 9.17) is 0 Å². The SMILES string of the molecule is Cc1ccc(B(c2cc3ccc(C(C)(C)C)cc3s2)c2cc(C(C)(C)C)ccc2C)c(Nc2cc3c(cc2-c2ccccc2C)C(C)(C)CCC3(C)C)c1. The minimum atomic E-state index is 0.0370. The van der Waals surface area contributed by atoms with Gasteiger partial charge >= 0.3 is 0 Å². The lowest BCUT2D eigenvalue weighted by Gasteiger charge is -2.42. The molecule has 0 saturated carbocycles. The monoisotopic (exact) mass is 729 g/mol. The molecule has 0 amide bonds. The molecule has 1 aromatic heterocycles. The molecule has 54 heavy (non-hydrogen) atoms. The van der Waals surface area contributed by atoms with Gasteiger partial charge in [-0.25, -0.2) is 0 Å². The topological polar surface area (TPSA) is 12.0 Å². The van der Waals surface area contributed by atoms with Gasteiger partial charge in [0.15, 0.2) is 0 Å². The van der Waals surface area contributed by atoms with Crippen molar-refractivity contribution in [3.8, 4) is 11.1 Å². The first-order valence-corrected chi connectivity index (χ1v) is 20.8. The third-order valence-electron chi connectivity index (χ3n) is 12.4. The molecular formula is C51H60BNS. The molecular weight excluding hydrogens is 669 g/mol. The van der Waals surface area contributed by atoms with Gasteiger partial charge in [-0.1, -0.05) is 147 Å². The molecule has 0 spiro atoms. The molecule has 0 saturated heterocycles. The van der Waals surface area contributed by atoms with Gasteiger partial charge in [-0.15, -0.1) is 11.3 Å². The van der Waals surface area contributed by atoms with Gasteiger partial charge in [-0.2, -0.15) is 0 Å². The van der Waals surface area contributed by atoms with Crippen LogP contribution in [-0.4, -0.2) is 6.71 Å². The summed E-state index contributed by atoms with van der Waals surface area (Å²) in [6.07, 6.45) is 2.37. The van der Waals surface area contributed by atoms with Gasteiger partial charge in [-0.3, -0.25) is 0 Å². The summed E-state index contributed by atoms with van der Waals surface area (Å²) in [4.78, 5) is 0. The molecule has 0 aliphatic heterocycles. The van der Waals surface area contributed by atoms with Crippen LogP contribution in [0.5, 0.6) is 0 Å². The number of nitrogens with one attached hydrogen (secondary N) is 1. The minimum absolute atomic E-state index is 0.0370. The molecule has 1 heterocycles. The molecule has 1 aliphatic carbocycles. The standard InChI is InChI=1S/C51H60BNS/c1-32-18-23-42(45(26-32)53-44-31-41-40(50(10,11)24-25-51(41,12)13)30-39(44)38-17-15-14-16-33(38)2)52(43-28-36(48(4,5)6)21-19-34(43)3)47-27-35-20-22-37(49(7,8)9)29-46(35)54-47/h14-23,26-31,53H,24-25H2,1-13H3. The summed E-state index contributed by atoms with van der Waals surface area (Å²) >= 11 is 1.96. The quantitative estimate of drug-likeness (QED) is 0.168. The van der Waals surface area contributed by atoms with Crippen LogP contribution in [0.4, 0.5) is 11.4 Å². The number of anilines is 2. The van der Waals surface area contributed by atoms with Gasteiger partial charge in [0.25, 0.3) is 6.71 Å². The molecule has 278 valence electrons. The summed E-state index contributed by atoms with van der Waals surface area (Å²) in [6.45, 7) is 30.5. The van der Waals surface area contributed by atoms with Crippen molar-refractivity contribution in [3.05, 3.63) is 136 Å². The van der Waals surface area contributed by atoms with E-state index in [1.807, 2.05) is 11.3 Å². The molecule has 3 heteroatoms. The van der Waals surface area contributed by atoms with E-state index < -0.39 is 0 Å². The second-order valence-corrected chi connectivity index (χ2v) is 20.8. The van der Waals surface area contributed by atoms with Gasteiger partial charge in [0.05, 0.1) is 0 Å². The van der Waals surface area contributed by atoms with Crippen LogP contribution in [0.1, 0.15) is 121 Å². The van der Waals surface area contributed by atoms with Crippen molar-refractivity contribution in [2.24, 2.45) is 0 Å². The fraction of sp³-hybridized carbons (Fsp3) is 0.373. The van der Waals surface area contributed by atoms with E-state index in [1.165, 1.54) is 100 Å². The van der Waals surface area contributed by atoms with Crippen LogP contribution in [0, 0.1) is 20.8 Å². The first kappa shape index (κ1) is 38.2. The van der Waals surface area contributed by atoms with Crippen LogP contribution in [-0.2, 0) is 21.7 Å². The van der Waals surface area contributed by atoms with E-state index in [9.17, 15) is 0 Å². The largest absolute Gasteiger partial charge is 0.355 e. The van der Waals surface area contributed by atoms with Crippen molar-refractivity contribution in [3.63, 3.8) is 0 Å². The fourth-order valence-corrected chi connectivity index (χ4v) is 9.79. The van der Waals surface area contributed by atoms with Crippen molar-refractivity contribution in [1.82, 2.24) is 0 Å². The van der Waals surface area contributed by atoms with Crippen LogP contribution >= 0.6 is 11.3 Å². The Labute approximate surface area is 330 Å². The van der Waals surface area contributed by atoms with Crippen molar-refractivity contribution in [2.75, 3.05) is 5.32 Å². The predicted molar refractivity (Wildman–Crippen MR) is 241 cm³/mol. The molecule has 7 rings (SSSR count). The summed E-state index contributed by atoms with van der Waals surface area (Å²) in [6, 6.07) is 37.7. The van der Waals surface area contributed by atoms with Crippen molar-refractivity contribution >= 4 is 55.2 Å². The Balaban J connectivity index is 1.48. The zero-order chi connectivity index (χ0) is 39.0. The summed E-state index contributed by atoms with van der Waals surface area (Å²) in [7, 11) is 0. The third kappa shape index (κ3) is 7.22. The molecule has 5 aromatic carbocycles. The molecule has 0 unspecified atom stereocenters. The molecule has 1 aliphatic rings. The summed E-state index contributed by atoms with van der Waals surface area (Å²) in [5, 5.41) is 5.49. The predicted octanol–water partition coefficient (Wildman–Crippen LogP) is 12.7. The highest BCUT2D eigenvalue weighted by molar-refractivity contribution is 7.32. The van der Waals surface area contributed by atoms with Gasteiger partial charge in [0.1, 0.15) is 0 Å². The Morgan fingerprint density at radius 1 is 0.574 bits per heavy atom. The van der Waals surface area contributed by atoms with E-state index in [2.05, 4.69) is 192 Å². The van der Waals surface area contributed by atoms with E-state index in [1.54, 1.807) is 0 Å². The Morgan fingerprint density at radius 3 is 1.87 bits per heavy atom. The van der Waals surface area contributed by atoms with Crippen LogP contribution in [0.25, 0.3) is 21.2 Å². The van der Waals surface area contributed by atoms with E-state index in [-0.39, 0.29) is 28.4 Å². The van der Waals surface area contributed by atoms with Crippen molar-refractivity contribution in [2.45, 2.75) is 125 Å². The Kier molecular flexibility index (Phi) is 9.62. The normalized spacial score (nSPS) is 15.3. The summed E-state index contributed by atoms with van der Waals surface area (Å²) in [5.41, 5.74) is 17.5. The van der Waals surface area contributed by atoms with Crippen LogP contribution in [0.2, 0.25) is 0 Å². The minimum Gasteiger partial charge on any atom is -0.355 e. The zero-order valence-corrected chi connectivity index (χ0v) is 36.0. The van der Waals surface area contributed by atoms with E-state index >= 15 is 0 Å². The number of benzene rings is 5. The number of fused-ring (bicyclic) bond motifs is 2. The van der Waals surface area contributed by atoms with Crippen LogP contribution < -0.4 is 21.0 Å². The molecule has 1 N–H and O–H groups in total. The Morgan fingerprint density at radius 2 is 1.20 bits per heavy atom. The molecule has 0 bridgehead atoms.